The maximum absolute atomic E-state index is 14.6. The lowest BCUT2D eigenvalue weighted by Crippen LogP contribution is -2.56. The number of hydrogen-bond donors (Lipinski definition) is 2. The smallest absolute Gasteiger partial charge is 0.257 e. The highest BCUT2D eigenvalue weighted by molar-refractivity contribution is 6.19. The van der Waals surface area contributed by atoms with Crippen LogP contribution in [-0.2, 0) is 15.0 Å². The maximum Gasteiger partial charge on any atom is 0.257 e. The Bertz CT molecular complexity index is 939. The molecule has 7 heteroatoms. The van der Waals surface area contributed by atoms with Crippen LogP contribution in [0.5, 0.6) is 0 Å². The summed E-state index contributed by atoms with van der Waals surface area (Å²) in [4.78, 5) is 27.2. The van der Waals surface area contributed by atoms with Crippen molar-refractivity contribution in [1.29, 1.82) is 0 Å². The van der Waals surface area contributed by atoms with Gasteiger partial charge in [-0.05, 0) is 29.7 Å². The first-order chi connectivity index (χ1) is 13.6. The Morgan fingerprint density at radius 1 is 1.07 bits per heavy atom. The van der Waals surface area contributed by atoms with Crippen LogP contribution >= 0.6 is 0 Å². The lowest BCUT2D eigenvalue weighted by molar-refractivity contribution is -0.128. The van der Waals surface area contributed by atoms with Gasteiger partial charge in [0, 0.05) is 11.1 Å². The summed E-state index contributed by atoms with van der Waals surface area (Å²) in [6, 6.07) is 8.57. The third kappa shape index (κ3) is 3.51. The Labute approximate surface area is 168 Å². The van der Waals surface area contributed by atoms with Crippen molar-refractivity contribution >= 4 is 23.2 Å². The zero-order valence-electron chi connectivity index (χ0n) is 16.9. The quantitative estimate of drug-likeness (QED) is 0.821. The number of benzene rings is 2. The van der Waals surface area contributed by atoms with Gasteiger partial charge >= 0.3 is 0 Å². The molecule has 1 aliphatic rings. The number of rotatable bonds is 4. The van der Waals surface area contributed by atoms with Crippen LogP contribution in [0, 0.1) is 17.6 Å². The average molecular weight is 401 g/mol. The lowest BCUT2D eigenvalue weighted by atomic mass is 9.80. The van der Waals surface area contributed by atoms with Crippen molar-refractivity contribution in [2.75, 3.05) is 10.2 Å². The van der Waals surface area contributed by atoms with E-state index < -0.39 is 46.6 Å². The number of nitrogens with two attached hydrogens (primary N) is 1. The molecule has 0 fully saturated rings. The fourth-order valence-electron chi connectivity index (χ4n) is 3.63. The molecule has 2 amide bonds. The van der Waals surface area contributed by atoms with E-state index in [0.29, 0.717) is 4.90 Å². The number of imide groups is 1. The average Bonchev–Trinajstić information content (AvgIpc) is 2.94. The molecular formula is C22H25F2N3O2. The molecule has 1 heterocycles. The van der Waals surface area contributed by atoms with Crippen molar-refractivity contribution < 1.29 is 18.4 Å². The van der Waals surface area contributed by atoms with E-state index in [1.165, 1.54) is 6.07 Å². The Kier molecular flexibility index (Phi) is 5.45. The molecule has 1 aliphatic heterocycles. The summed E-state index contributed by atoms with van der Waals surface area (Å²) < 4.78 is 29.2. The van der Waals surface area contributed by atoms with Crippen LogP contribution in [0.2, 0.25) is 0 Å². The second-order valence-electron chi connectivity index (χ2n) is 8.20. The van der Waals surface area contributed by atoms with Crippen LogP contribution in [0.1, 0.15) is 33.3 Å². The molecule has 5 nitrogen and oxygen atoms in total. The molecule has 2 aromatic carbocycles. The third-order valence-corrected chi connectivity index (χ3v) is 5.50. The SMILES string of the molecule is CC(C)C(N)C(=O)N(C(=O)[C@H]1Nc2ccccc2C1(C)C)c1c(F)cccc1F. The molecular weight excluding hydrogens is 376 g/mol. The molecule has 0 bridgehead atoms. The molecule has 2 aromatic rings. The second kappa shape index (κ2) is 7.55. The Morgan fingerprint density at radius 3 is 2.21 bits per heavy atom. The fourth-order valence-corrected chi connectivity index (χ4v) is 3.63. The Morgan fingerprint density at radius 2 is 1.66 bits per heavy atom. The van der Waals surface area contributed by atoms with Gasteiger partial charge in [0.2, 0.25) is 0 Å². The first-order valence-electron chi connectivity index (χ1n) is 9.50. The van der Waals surface area contributed by atoms with Gasteiger partial charge < -0.3 is 11.1 Å². The predicted octanol–water partition coefficient (Wildman–Crippen LogP) is 3.58. The Hall–Kier alpha value is -2.80. The number of para-hydroxylation sites is 2. The minimum absolute atomic E-state index is 0.325. The third-order valence-electron chi connectivity index (χ3n) is 5.50. The van der Waals surface area contributed by atoms with Crippen LogP contribution in [0.4, 0.5) is 20.2 Å². The van der Waals surface area contributed by atoms with Crippen molar-refractivity contribution in [3.63, 3.8) is 0 Å². The summed E-state index contributed by atoms with van der Waals surface area (Å²) in [5, 5.41) is 3.11. The van der Waals surface area contributed by atoms with Crippen LogP contribution in [0.3, 0.4) is 0 Å². The molecule has 3 N–H and O–H groups in total. The highest BCUT2D eigenvalue weighted by Gasteiger charge is 2.47. The predicted molar refractivity (Wildman–Crippen MR) is 109 cm³/mol. The van der Waals surface area contributed by atoms with Gasteiger partial charge in [-0.15, -0.1) is 0 Å². The minimum atomic E-state index is -1.09. The fraction of sp³-hybridized carbons (Fsp3) is 0.364. The van der Waals surface area contributed by atoms with Crippen LogP contribution < -0.4 is 16.0 Å². The number of carbonyl (C=O) groups is 2. The first-order valence-corrected chi connectivity index (χ1v) is 9.50. The van der Waals surface area contributed by atoms with Crippen molar-refractivity contribution in [2.24, 2.45) is 11.7 Å². The molecule has 0 radical (unpaired) electrons. The number of amides is 2. The van der Waals surface area contributed by atoms with Gasteiger partial charge in [-0.1, -0.05) is 52.0 Å². The second-order valence-corrected chi connectivity index (χ2v) is 8.20. The van der Waals surface area contributed by atoms with E-state index in [-0.39, 0.29) is 5.92 Å². The van der Waals surface area contributed by atoms with Crippen LogP contribution in [0.15, 0.2) is 42.5 Å². The molecule has 3 rings (SSSR count). The van der Waals surface area contributed by atoms with Gasteiger partial charge in [0.1, 0.15) is 23.4 Å². The highest BCUT2D eigenvalue weighted by Crippen LogP contribution is 2.42. The molecule has 1 unspecified atom stereocenters. The minimum Gasteiger partial charge on any atom is -0.373 e. The topological polar surface area (TPSA) is 75.4 Å². The van der Waals surface area contributed by atoms with E-state index in [9.17, 15) is 18.4 Å². The number of anilines is 2. The summed E-state index contributed by atoms with van der Waals surface area (Å²) in [7, 11) is 0. The molecule has 0 aromatic heterocycles. The van der Waals surface area contributed by atoms with E-state index >= 15 is 0 Å². The summed E-state index contributed by atoms with van der Waals surface area (Å²) in [6.45, 7) is 7.10. The number of fused-ring (bicyclic) bond motifs is 1. The zero-order chi connectivity index (χ0) is 21.5. The highest BCUT2D eigenvalue weighted by atomic mass is 19.1. The molecule has 2 atom stereocenters. The summed E-state index contributed by atoms with van der Waals surface area (Å²) in [5.41, 5.74) is 6.19. The monoisotopic (exact) mass is 401 g/mol. The Balaban J connectivity index is 2.10. The maximum atomic E-state index is 14.6. The number of nitrogens with zero attached hydrogens (tertiary/aromatic N) is 1. The summed E-state index contributed by atoms with van der Waals surface area (Å²) in [5.74, 6) is -3.93. The van der Waals surface area contributed by atoms with Crippen molar-refractivity contribution in [3.05, 3.63) is 59.7 Å². The van der Waals surface area contributed by atoms with Gasteiger partial charge in [-0.2, -0.15) is 0 Å². The lowest BCUT2D eigenvalue weighted by Gasteiger charge is -2.33. The molecule has 0 saturated heterocycles. The van der Waals surface area contributed by atoms with E-state index in [1.54, 1.807) is 13.8 Å². The van der Waals surface area contributed by atoms with Gasteiger partial charge in [-0.25, -0.2) is 13.7 Å². The van der Waals surface area contributed by atoms with Crippen molar-refractivity contribution in [1.82, 2.24) is 0 Å². The van der Waals surface area contributed by atoms with Gasteiger partial charge in [0.05, 0.1) is 6.04 Å². The summed E-state index contributed by atoms with van der Waals surface area (Å²) in [6.07, 6.45) is 0. The molecule has 0 saturated carbocycles. The molecule has 29 heavy (non-hydrogen) atoms. The van der Waals surface area contributed by atoms with Crippen LogP contribution in [0.25, 0.3) is 0 Å². The number of hydrogen-bond acceptors (Lipinski definition) is 4. The van der Waals surface area contributed by atoms with Gasteiger partial charge in [0.25, 0.3) is 11.8 Å². The van der Waals surface area contributed by atoms with Gasteiger partial charge in [-0.3, -0.25) is 9.59 Å². The largest absolute Gasteiger partial charge is 0.373 e. The number of halogens is 2. The molecule has 154 valence electrons. The number of nitrogens with one attached hydrogen (secondary N) is 1. The van der Waals surface area contributed by atoms with E-state index in [0.717, 1.165) is 23.4 Å². The van der Waals surface area contributed by atoms with E-state index in [2.05, 4.69) is 5.32 Å². The zero-order valence-corrected chi connectivity index (χ0v) is 16.9. The van der Waals surface area contributed by atoms with Crippen molar-refractivity contribution in [2.45, 2.75) is 45.2 Å². The number of carbonyl (C=O) groups excluding carboxylic acids is 2. The normalized spacial score (nSPS) is 18.1. The standard InChI is InChI=1S/C22H25F2N3O2/c1-12(2)17(25)20(28)27(18-14(23)9-7-10-15(18)24)21(29)19-22(3,4)13-8-5-6-11-16(13)26-19/h5-12,17,19,26H,25H2,1-4H3/t17?,19-/m1/s1. The molecule has 0 spiro atoms. The van der Waals surface area contributed by atoms with Crippen molar-refractivity contribution in [3.8, 4) is 0 Å². The molecule has 0 aliphatic carbocycles. The summed E-state index contributed by atoms with van der Waals surface area (Å²) >= 11 is 0. The van der Waals surface area contributed by atoms with Crippen LogP contribution in [-0.4, -0.2) is 23.9 Å². The van der Waals surface area contributed by atoms with E-state index in [1.807, 2.05) is 38.1 Å². The first kappa shape index (κ1) is 20.9. The van der Waals surface area contributed by atoms with E-state index in [4.69, 9.17) is 5.73 Å². The van der Waals surface area contributed by atoms with Gasteiger partial charge in [0.15, 0.2) is 0 Å².